The number of rotatable bonds is 1. The van der Waals surface area contributed by atoms with Crippen LogP contribution in [0, 0.1) is 5.95 Å². The summed E-state index contributed by atoms with van der Waals surface area (Å²) in [6, 6.07) is 1.59. The van der Waals surface area contributed by atoms with Crippen molar-refractivity contribution >= 4 is 15.9 Å². The Morgan fingerprint density at radius 1 is 1.73 bits per heavy atom. The quantitative estimate of drug-likeness (QED) is 0.734. The van der Waals surface area contributed by atoms with Crippen LogP contribution in [0.3, 0.4) is 0 Å². The lowest BCUT2D eigenvalue weighted by molar-refractivity contribution is 0.192. The van der Waals surface area contributed by atoms with E-state index >= 15 is 0 Å². The highest BCUT2D eigenvalue weighted by atomic mass is 79.9. The number of aliphatic hydroxyl groups excluding tert-OH is 1. The van der Waals surface area contributed by atoms with Crippen molar-refractivity contribution in [2.24, 2.45) is 0 Å². The first-order chi connectivity index (χ1) is 5.13. The first-order valence-electron chi connectivity index (χ1n) is 3.11. The normalized spacial score (nSPS) is 13.1. The van der Waals surface area contributed by atoms with Gasteiger partial charge in [-0.05, 0) is 13.0 Å². The van der Waals surface area contributed by atoms with E-state index < -0.39 is 12.1 Å². The summed E-state index contributed by atoms with van der Waals surface area (Å²) in [7, 11) is 0. The van der Waals surface area contributed by atoms with Crippen LogP contribution in [0.2, 0.25) is 0 Å². The largest absolute Gasteiger partial charge is 0.388 e. The molecule has 0 saturated carbocycles. The fourth-order valence-corrected chi connectivity index (χ4v) is 1.41. The molecule has 1 heterocycles. The van der Waals surface area contributed by atoms with Crippen molar-refractivity contribution in [3.8, 4) is 0 Å². The van der Waals surface area contributed by atoms with Crippen molar-refractivity contribution in [2.45, 2.75) is 13.0 Å². The van der Waals surface area contributed by atoms with Crippen LogP contribution in [0.25, 0.3) is 0 Å². The maximum Gasteiger partial charge on any atom is 0.219 e. The van der Waals surface area contributed by atoms with Gasteiger partial charge in [0.1, 0.15) is 0 Å². The summed E-state index contributed by atoms with van der Waals surface area (Å²) >= 11 is 3.11. The maximum atomic E-state index is 12.8. The average Bonchev–Trinajstić information content (AvgIpc) is 1.85. The molecule has 0 aliphatic carbocycles. The Morgan fingerprint density at radius 2 is 2.36 bits per heavy atom. The van der Waals surface area contributed by atoms with Crippen molar-refractivity contribution in [1.82, 2.24) is 4.98 Å². The van der Waals surface area contributed by atoms with Gasteiger partial charge in [-0.1, -0.05) is 15.9 Å². The average molecular weight is 220 g/mol. The lowest BCUT2D eigenvalue weighted by atomic mass is 10.2. The molecule has 0 fully saturated rings. The van der Waals surface area contributed by atoms with Gasteiger partial charge >= 0.3 is 0 Å². The molecule has 0 aromatic carbocycles. The molecule has 1 rings (SSSR count). The monoisotopic (exact) mass is 219 g/mol. The molecular weight excluding hydrogens is 213 g/mol. The zero-order valence-corrected chi connectivity index (χ0v) is 7.47. The second-order valence-electron chi connectivity index (χ2n) is 2.17. The van der Waals surface area contributed by atoms with Crippen LogP contribution in [0.1, 0.15) is 18.6 Å². The highest BCUT2D eigenvalue weighted by Crippen LogP contribution is 2.23. The number of halogens is 2. The summed E-state index contributed by atoms with van der Waals surface area (Å²) in [5, 5.41) is 9.08. The number of hydrogen-bond donors (Lipinski definition) is 1. The van der Waals surface area contributed by atoms with Gasteiger partial charge in [0, 0.05) is 16.2 Å². The van der Waals surface area contributed by atoms with E-state index in [1.807, 2.05) is 0 Å². The first-order valence-corrected chi connectivity index (χ1v) is 3.90. The molecule has 11 heavy (non-hydrogen) atoms. The highest BCUT2D eigenvalue weighted by Gasteiger charge is 2.11. The topological polar surface area (TPSA) is 33.1 Å². The Balaban J connectivity index is 3.21. The molecule has 60 valence electrons. The van der Waals surface area contributed by atoms with Gasteiger partial charge in [0.2, 0.25) is 5.95 Å². The predicted molar refractivity (Wildman–Crippen MR) is 42.5 cm³/mol. The Morgan fingerprint density at radius 3 is 2.73 bits per heavy atom. The van der Waals surface area contributed by atoms with Gasteiger partial charge in [0.15, 0.2) is 0 Å². The Bertz CT molecular complexity index is 244. The van der Waals surface area contributed by atoms with Gasteiger partial charge in [-0.2, -0.15) is 4.39 Å². The van der Waals surface area contributed by atoms with Crippen molar-refractivity contribution in [1.29, 1.82) is 0 Å². The molecule has 0 aliphatic heterocycles. The summed E-state index contributed by atoms with van der Waals surface area (Å²) in [5.74, 6) is -0.630. The van der Waals surface area contributed by atoms with E-state index in [1.165, 1.54) is 13.1 Å². The maximum absolute atomic E-state index is 12.8. The van der Waals surface area contributed by atoms with Crippen LogP contribution in [0.4, 0.5) is 4.39 Å². The standard InChI is InChI=1S/C7H7BrFNO/c1-4(11)6-5(8)2-3-10-7(6)9/h2-4,11H,1H3. The van der Waals surface area contributed by atoms with Crippen molar-refractivity contribution in [3.05, 3.63) is 28.2 Å². The van der Waals surface area contributed by atoms with Crippen LogP contribution < -0.4 is 0 Å². The second-order valence-corrected chi connectivity index (χ2v) is 3.03. The summed E-state index contributed by atoms with van der Waals surface area (Å²) in [5.41, 5.74) is 0.201. The van der Waals surface area contributed by atoms with Gasteiger partial charge in [0.25, 0.3) is 0 Å². The first kappa shape index (κ1) is 8.62. The fraction of sp³-hybridized carbons (Fsp3) is 0.286. The third kappa shape index (κ3) is 1.75. The second kappa shape index (κ2) is 3.28. The lowest BCUT2D eigenvalue weighted by Gasteiger charge is -2.06. The van der Waals surface area contributed by atoms with Crippen LogP contribution in [0.15, 0.2) is 16.7 Å². The Labute approximate surface area is 72.2 Å². The molecule has 1 N–H and O–H groups in total. The van der Waals surface area contributed by atoms with Crippen molar-refractivity contribution in [2.75, 3.05) is 0 Å². The number of hydrogen-bond acceptors (Lipinski definition) is 2. The van der Waals surface area contributed by atoms with Gasteiger partial charge in [-0.15, -0.1) is 0 Å². The van der Waals surface area contributed by atoms with Crippen molar-refractivity contribution in [3.63, 3.8) is 0 Å². The molecule has 1 unspecified atom stereocenters. The van der Waals surface area contributed by atoms with E-state index in [1.54, 1.807) is 6.07 Å². The number of nitrogens with zero attached hydrogens (tertiary/aromatic N) is 1. The lowest BCUT2D eigenvalue weighted by Crippen LogP contribution is -1.99. The van der Waals surface area contributed by atoms with E-state index in [0.29, 0.717) is 4.47 Å². The summed E-state index contributed by atoms with van der Waals surface area (Å²) in [6.07, 6.45) is 0.503. The molecule has 0 radical (unpaired) electrons. The van der Waals surface area contributed by atoms with Gasteiger partial charge < -0.3 is 5.11 Å². The Hall–Kier alpha value is -0.480. The minimum Gasteiger partial charge on any atom is -0.388 e. The number of aromatic nitrogens is 1. The van der Waals surface area contributed by atoms with E-state index in [9.17, 15) is 4.39 Å². The minimum atomic E-state index is -0.835. The third-order valence-electron chi connectivity index (χ3n) is 1.31. The van der Waals surface area contributed by atoms with E-state index in [0.717, 1.165) is 0 Å². The summed E-state index contributed by atoms with van der Waals surface area (Å²) < 4.78 is 13.3. The zero-order valence-electron chi connectivity index (χ0n) is 5.88. The van der Waals surface area contributed by atoms with E-state index in [2.05, 4.69) is 20.9 Å². The number of aliphatic hydroxyl groups is 1. The third-order valence-corrected chi connectivity index (χ3v) is 2.00. The van der Waals surface area contributed by atoms with Crippen LogP contribution >= 0.6 is 15.9 Å². The summed E-state index contributed by atoms with van der Waals surface area (Å²) in [6.45, 7) is 1.49. The van der Waals surface area contributed by atoms with Gasteiger partial charge in [-0.3, -0.25) is 0 Å². The Kier molecular flexibility index (Phi) is 2.57. The minimum absolute atomic E-state index is 0.201. The van der Waals surface area contributed by atoms with Crippen molar-refractivity contribution < 1.29 is 9.50 Å². The van der Waals surface area contributed by atoms with Crippen LogP contribution in [-0.4, -0.2) is 10.1 Å². The molecule has 0 saturated heterocycles. The SMILES string of the molecule is CC(O)c1c(Br)ccnc1F. The molecule has 1 aromatic rings. The zero-order chi connectivity index (χ0) is 8.43. The molecule has 0 amide bonds. The molecule has 0 spiro atoms. The molecule has 0 aliphatic rings. The van der Waals surface area contributed by atoms with Crippen LogP contribution in [0.5, 0.6) is 0 Å². The number of pyridine rings is 1. The smallest absolute Gasteiger partial charge is 0.219 e. The molecular formula is C7H7BrFNO. The molecule has 1 aromatic heterocycles. The molecule has 1 atom stereocenters. The van der Waals surface area contributed by atoms with Gasteiger partial charge in [0.05, 0.1) is 6.10 Å². The van der Waals surface area contributed by atoms with Crippen LogP contribution in [-0.2, 0) is 0 Å². The predicted octanol–water partition coefficient (Wildman–Crippen LogP) is 2.04. The molecule has 0 bridgehead atoms. The highest BCUT2D eigenvalue weighted by molar-refractivity contribution is 9.10. The molecule has 4 heteroatoms. The fourth-order valence-electron chi connectivity index (χ4n) is 0.798. The molecule has 2 nitrogen and oxygen atoms in total. The van der Waals surface area contributed by atoms with E-state index in [-0.39, 0.29) is 5.56 Å². The van der Waals surface area contributed by atoms with E-state index in [4.69, 9.17) is 5.11 Å². The summed E-state index contributed by atoms with van der Waals surface area (Å²) in [4.78, 5) is 3.40. The van der Waals surface area contributed by atoms with Gasteiger partial charge in [-0.25, -0.2) is 4.98 Å².